The number of fused-ring (bicyclic) bond motifs is 1. The van der Waals surface area contributed by atoms with Crippen LogP contribution in [0, 0.1) is 11.8 Å². The number of nitrogens with one attached hydrogen (secondary N) is 1. The van der Waals surface area contributed by atoms with E-state index in [-0.39, 0.29) is 23.6 Å². The number of amides is 1. The van der Waals surface area contributed by atoms with Gasteiger partial charge < -0.3 is 10.2 Å². The van der Waals surface area contributed by atoms with Gasteiger partial charge in [0.15, 0.2) is 0 Å². The Hall–Kier alpha value is -1.49. The number of hydrogen-bond donors (Lipinski definition) is 1. The van der Waals surface area contributed by atoms with Gasteiger partial charge in [0.25, 0.3) is 0 Å². The van der Waals surface area contributed by atoms with Gasteiger partial charge in [0.1, 0.15) is 5.25 Å². The maximum Gasteiger partial charge on any atom is 0.240 e. The maximum absolute atomic E-state index is 13.3. The molecule has 0 saturated carbocycles. The highest BCUT2D eigenvalue weighted by Gasteiger charge is 2.40. The number of nitrogens with zero attached hydrogens (tertiary/aromatic N) is 1. The first kappa shape index (κ1) is 18.3. The van der Waals surface area contributed by atoms with E-state index in [1.165, 1.54) is 0 Å². The molecule has 1 amide bonds. The SMILES string of the molecule is Cl.O=C(C(Sc1ccccc1)c1ccccc1)N1C[C@H]2CNC[C@H]2C1. The lowest BCUT2D eigenvalue weighted by Crippen LogP contribution is -2.34. The van der Waals surface area contributed by atoms with Gasteiger partial charge >= 0.3 is 0 Å². The summed E-state index contributed by atoms with van der Waals surface area (Å²) < 4.78 is 0. The number of carbonyl (C=O) groups excluding carboxylic acids is 1. The minimum absolute atomic E-state index is 0. The van der Waals surface area contributed by atoms with Crippen LogP contribution in [0.25, 0.3) is 0 Å². The molecule has 2 aromatic carbocycles. The topological polar surface area (TPSA) is 32.3 Å². The number of halogens is 1. The van der Waals surface area contributed by atoms with Crippen molar-refractivity contribution in [2.24, 2.45) is 11.8 Å². The van der Waals surface area contributed by atoms with Gasteiger partial charge in [0, 0.05) is 31.1 Å². The highest BCUT2D eigenvalue weighted by molar-refractivity contribution is 8.00. The highest BCUT2D eigenvalue weighted by Crippen LogP contribution is 2.38. The first-order chi connectivity index (χ1) is 11.8. The van der Waals surface area contributed by atoms with Crippen LogP contribution in [-0.4, -0.2) is 37.0 Å². The average Bonchev–Trinajstić information content (AvgIpc) is 3.23. The van der Waals surface area contributed by atoms with E-state index in [4.69, 9.17) is 0 Å². The van der Waals surface area contributed by atoms with Crippen LogP contribution < -0.4 is 5.32 Å². The molecule has 0 spiro atoms. The lowest BCUT2D eigenvalue weighted by Gasteiger charge is -2.24. The van der Waals surface area contributed by atoms with Crippen molar-refractivity contribution in [2.75, 3.05) is 26.2 Å². The first-order valence-corrected chi connectivity index (χ1v) is 9.45. The quantitative estimate of drug-likeness (QED) is 0.829. The molecule has 2 aliphatic heterocycles. The molecule has 132 valence electrons. The predicted molar refractivity (Wildman–Crippen MR) is 105 cm³/mol. The van der Waals surface area contributed by atoms with E-state index < -0.39 is 0 Å². The van der Waals surface area contributed by atoms with Crippen molar-refractivity contribution in [3.8, 4) is 0 Å². The van der Waals surface area contributed by atoms with Gasteiger partial charge in [-0.05, 0) is 29.5 Å². The predicted octanol–water partition coefficient (Wildman–Crippen LogP) is 3.62. The van der Waals surface area contributed by atoms with Gasteiger partial charge in [-0.15, -0.1) is 24.2 Å². The molecule has 2 heterocycles. The van der Waals surface area contributed by atoms with Crippen LogP contribution >= 0.6 is 24.2 Å². The second-order valence-electron chi connectivity index (χ2n) is 6.64. The fourth-order valence-corrected chi connectivity index (χ4v) is 4.85. The third-order valence-corrected chi connectivity index (χ3v) is 6.28. The van der Waals surface area contributed by atoms with Crippen molar-refractivity contribution in [2.45, 2.75) is 10.1 Å². The van der Waals surface area contributed by atoms with Crippen molar-refractivity contribution in [1.29, 1.82) is 0 Å². The number of carbonyl (C=O) groups is 1. The van der Waals surface area contributed by atoms with Gasteiger partial charge in [0.2, 0.25) is 5.91 Å². The standard InChI is InChI=1S/C20H22N2OS.ClH/c23-20(22-13-16-11-21-12-17(16)14-22)19(15-7-3-1-4-8-15)24-18-9-5-2-6-10-18;/h1-10,16-17,19,21H,11-14H2;1H/t16-,17+,19?;. The molecule has 5 heteroatoms. The summed E-state index contributed by atoms with van der Waals surface area (Å²) in [4.78, 5) is 16.5. The number of thioether (sulfide) groups is 1. The zero-order valence-electron chi connectivity index (χ0n) is 14.0. The molecule has 3 nitrogen and oxygen atoms in total. The molecule has 0 bridgehead atoms. The molecule has 2 aliphatic rings. The van der Waals surface area contributed by atoms with Crippen LogP contribution in [0.15, 0.2) is 65.6 Å². The number of hydrogen-bond acceptors (Lipinski definition) is 3. The molecular weight excluding hydrogens is 352 g/mol. The zero-order valence-corrected chi connectivity index (χ0v) is 15.6. The van der Waals surface area contributed by atoms with E-state index in [9.17, 15) is 4.79 Å². The third-order valence-electron chi connectivity index (χ3n) is 5.02. The molecule has 25 heavy (non-hydrogen) atoms. The van der Waals surface area contributed by atoms with Crippen LogP contribution in [-0.2, 0) is 4.79 Å². The van der Waals surface area contributed by atoms with Crippen LogP contribution in [0.2, 0.25) is 0 Å². The summed E-state index contributed by atoms with van der Waals surface area (Å²) in [5.41, 5.74) is 1.09. The van der Waals surface area contributed by atoms with Crippen LogP contribution in [0.1, 0.15) is 10.8 Å². The monoisotopic (exact) mass is 374 g/mol. The number of rotatable bonds is 4. The molecule has 0 aromatic heterocycles. The summed E-state index contributed by atoms with van der Waals surface area (Å²) >= 11 is 1.66. The Morgan fingerprint density at radius 1 is 0.960 bits per heavy atom. The van der Waals surface area contributed by atoms with Gasteiger partial charge in [0.05, 0.1) is 0 Å². The van der Waals surface area contributed by atoms with Crippen molar-refractivity contribution >= 4 is 30.1 Å². The smallest absolute Gasteiger partial charge is 0.240 e. The lowest BCUT2D eigenvalue weighted by molar-refractivity contribution is -0.130. The lowest BCUT2D eigenvalue weighted by atomic mass is 10.0. The van der Waals surface area contributed by atoms with Gasteiger partial charge in [-0.1, -0.05) is 48.5 Å². The molecule has 1 unspecified atom stereocenters. The fraction of sp³-hybridized carbons (Fsp3) is 0.350. The molecular formula is C20H23ClN2OS. The van der Waals surface area contributed by atoms with E-state index in [0.717, 1.165) is 36.6 Å². The van der Waals surface area contributed by atoms with Crippen LogP contribution in [0.4, 0.5) is 0 Å². The molecule has 2 saturated heterocycles. The number of likely N-dealkylation sites (tertiary alicyclic amines) is 1. The fourth-order valence-electron chi connectivity index (χ4n) is 3.73. The normalized spacial score (nSPS) is 23.0. The van der Waals surface area contributed by atoms with Crippen molar-refractivity contribution in [3.05, 3.63) is 66.2 Å². The maximum atomic E-state index is 13.3. The van der Waals surface area contributed by atoms with E-state index in [0.29, 0.717) is 11.8 Å². The molecule has 2 aromatic rings. The minimum Gasteiger partial charge on any atom is -0.341 e. The number of benzene rings is 2. The molecule has 2 fully saturated rings. The minimum atomic E-state index is -0.166. The third kappa shape index (κ3) is 4.02. The summed E-state index contributed by atoms with van der Waals surface area (Å²) in [6, 6.07) is 20.4. The Labute approximate surface area is 159 Å². The molecule has 0 radical (unpaired) electrons. The van der Waals surface area contributed by atoms with Gasteiger partial charge in [-0.25, -0.2) is 0 Å². The van der Waals surface area contributed by atoms with E-state index in [2.05, 4.69) is 34.5 Å². The van der Waals surface area contributed by atoms with Crippen molar-refractivity contribution < 1.29 is 4.79 Å². The Bertz CT molecular complexity index is 685. The Kier molecular flexibility index (Phi) is 6.05. The van der Waals surface area contributed by atoms with Crippen LogP contribution in [0.5, 0.6) is 0 Å². The molecule has 3 atom stereocenters. The summed E-state index contributed by atoms with van der Waals surface area (Å²) in [5.74, 6) is 1.52. The molecule has 0 aliphatic carbocycles. The summed E-state index contributed by atoms with van der Waals surface area (Å²) in [6.45, 7) is 3.90. The van der Waals surface area contributed by atoms with Crippen LogP contribution in [0.3, 0.4) is 0 Å². The van der Waals surface area contributed by atoms with E-state index in [1.54, 1.807) is 11.8 Å². The van der Waals surface area contributed by atoms with Gasteiger partial charge in [-0.2, -0.15) is 0 Å². The summed E-state index contributed by atoms with van der Waals surface area (Å²) in [5, 5.41) is 3.28. The zero-order chi connectivity index (χ0) is 16.4. The average molecular weight is 375 g/mol. The van der Waals surface area contributed by atoms with Crippen molar-refractivity contribution in [1.82, 2.24) is 10.2 Å². The second kappa shape index (κ2) is 8.26. The van der Waals surface area contributed by atoms with E-state index in [1.807, 2.05) is 36.4 Å². The van der Waals surface area contributed by atoms with E-state index >= 15 is 0 Å². The summed E-state index contributed by atoms with van der Waals surface area (Å²) in [6.07, 6.45) is 0. The van der Waals surface area contributed by atoms with Crippen molar-refractivity contribution in [3.63, 3.8) is 0 Å². The Morgan fingerprint density at radius 3 is 2.12 bits per heavy atom. The second-order valence-corrected chi connectivity index (χ2v) is 7.82. The highest BCUT2D eigenvalue weighted by atomic mass is 35.5. The molecule has 4 rings (SSSR count). The first-order valence-electron chi connectivity index (χ1n) is 8.57. The molecule has 1 N–H and O–H groups in total. The Morgan fingerprint density at radius 2 is 1.52 bits per heavy atom. The largest absolute Gasteiger partial charge is 0.341 e. The Balaban J connectivity index is 0.00000182. The summed E-state index contributed by atoms with van der Waals surface area (Å²) in [7, 11) is 0. The van der Waals surface area contributed by atoms with Gasteiger partial charge in [-0.3, -0.25) is 4.79 Å².